The summed E-state index contributed by atoms with van der Waals surface area (Å²) in [6.07, 6.45) is 54.9. The lowest BCUT2D eigenvalue weighted by atomic mass is 10.0. The van der Waals surface area contributed by atoms with Gasteiger partial charge >= 0.3 is 39.5 Å². The van der Waals surface area contributed by atoms with Crippen molar-refractivity contribution >= 4 is 39.5 Å². The van der Waals surface area contributed by atoms with Gasteiger partial charge in [0.25, 0.3) is 0 Å². The molecule has 0 aromatic rings. The maximum Gasteiger partial charge on any atom is 0.472 e. The van der Waals surface area contributed by atoms with Gasteiger partial charge in [0.1, 0.15) is 19.3 Å². The second-order valence-electron chi connectivity index (χ2n) is 25.6. The van der Waals surface area contributed by atoms with Crippen LogP contribution in [0.1, 0.15) is 374 Å². The van der Waals surface area contributed by atoms with Crippen molar-refractivity contribution in [2.75, 3.05) is 39.6 Å². The minimum atomic E-state index is -4.95. The van der Waals surface area contributed by atoms with E-state index in [1.54, 1.807) is 0 Å². The standard InChI is InChI=1S/C71H138O17P2/c1-5-9-13-17-20-22-24-26-28-30-32-33-35-37-39-41-43-46-50-54-58-71(76)88-67(62-82-69(74)56-52-48-45-42-40-38-36-34-31-29-27-25-23-21-18-14-10-6-2)64-86-90(79,80)84-60-65(72)59-83-89(77,78)85-63-66(61-81-68(73)55-51-47-16-12-8-4)87-70(75)57-53-49-44-19-15-11-7-3/h65-67,72H,5-64H2,1-4H3,(H,77,78)(H,79,80)/t65-,66+,67+/m0/s1. The van der Waals surface area contributed by atoms with Crippen molar-refractivity contribution in [1.29, 1.82) is 0 Å². The maximum absolute atomic E-state index is 13.0. The minimum Gasteiger partial charge on any atom is -0.462 e. The van der Waals surface area contributed by atoms with E-state index < -0.39 is 97.5 Å². The molecule has 90 heavy (non-hydrogen) atoms. The second-order valence-corrected chi connectivity index (χ2v) is 28.5. The van der Waals surface area contributed by atoms with Crippen molar-refractivity contribution < 1.29 is 80.2 Å². The first-order chi connectivity index (χ1) is 43.7. The number of phosphoric ester groups is 2. The Kier molecular flexibility index (Phi) is 64.3. The maximum atomic E-state index is 13.0. The van der Waals surface area contributed by atoms with E-state index in [1.807, 2.05) is 0 Å². The molecule has 0 aliphatic heterocycles. The predicted octanol–water partition coefficient (Wildman–Crippen LogP) is 20.7. The van der Waals surface area contributed by atoms with Crippen molar-refractivity contribution in [3.63, 3.8) is 0 Å². The smallest absolute Gasteiger partial charge is 0.462 e. The van der Waals surface area contributed by atoms with Crippen molar-refractivity contribution in [1.82, 2.24) is 0 Å². The third-order valence-corrected chi connectivity index (χ3v) is 18.5. The molecule has 534 valence electrons. The fraction of sp³-hybridized carbons (Fsp3) is 0.944. The van der Waals surface area contributed by atoms with Crippen molar-refractivity contribution in [3.05, 3.63) is 0 Å². The van der Waals surface area contributed by atoms with Gasteiger partial charge in [-0.1, -0.05) is 323 Å². The molecular weight excluding hydrogens is 1190 g/mol. The highest BCUT2D eigenvalue weighted by Crippen LogP contribution is 2.45. The molecule has 0 spiro atoms. The van der Waals surface area contributed by atoms with Gasteiger partial charge in [-0.2, -0.15) is 0 Å². The first kappa shape index (κ1) is 88.1. The van der Waals surface area contributed by atoms with Crippen LogP contribution in [0.3, 0.4) is 0 Å². The molecule has 0 saturated heterocycles. The van der Waals surface area contributed by atoms with Gasteiger partial charge in [-0.3, -0.25) is 37.3 Å². The number of rotatable bonds is 72. The Hall–Kier alpha value is -1.94. The van der Waals surface area contributed by atoms with Crippen LogP contribution < -0.4 is 0 Å². The molecule has 2 unspecified atom stereocenters. The van der Waals surface area contributed by atoms with E-state index in [4.69, 9.17) is 37.0 Å². The lowest BCUT2D eigenvalue weighted by Gasteiger charge is -2.21. The topological polar surface area (TPSA) is 237 Å². The number of esters is 4. The van der Waals surface area contributed by atoms with Crippen molar-refractivity contribution in [2.45, 2.75) is 393 Å². The van der Waals surface area contributed by atoms with E-state index >= 15 is 0 Å². The number of carbonyl (C=O) groups is 4. The summed E-state index contributed by atoms with van der Waals surface area (Å²) in [5.74, 6) is -2.14. The average Bonchev–Trinajstić information content (AvgIpc) is 3.68. The van der Waals surface area contributed by atoms with Crippen LogP contribution >= 0.6 is 15.6 Å². The van der Waals surface area contributed by atoms with Crippen LogP contribution in [0.5, 0.6) is 0 Å². The number of hydrogen-bond acceptors (Lipinski definition) is 15. The van der Waals surface area contributed by atoms with Gasteiger partial charge in [-0.15, -0.1) is 0 Å². The predicted molar refractivity (Wildman–Crippen MR) is 363 cm³/mol. The van der Waals surface area contributed by atoms with E-state index in [9.17, 15) is 43.2 Å². The molecule has 5 atom stereocenters. The number of hydrogen-bond donors (Lipinski definition) is 3. The Labute approximate surface area is 549 Å². The quantitative estimate of drug-likeness (QED) is 0.0222. The largest absolute Gasteiger partial charge is 0.472 e. The molecule has 0 amide bonds. The first-order valence-corrected chi connectivity index (χ1v) is 40.3. The Morgan fingerprint density at radius 1 is 0.267 bits per heavy atom. The van der Waals surface area contributed by atoms with E-state index in [2.05, 4.69) is 27.7 Å². The van der Waals surface area contributed by atoms with Crippen molar-refractivity contribution in [3.8, 4) is 0 Å². The molecule has 0 heterocycles. The van der Waals surface area contributed by atoms with Crippen molar-refractivity contribution in [2.24, 2.45) is 0 Å². The summed E-state index contributed by atoms with van der Waals surface area (Å²) in [6, 6.07) is 0. The number of unbranched alkanes of at least 4 members (excludes halogenated alkanes) is 46. The van der Waals surface area contributed by atoms with Gasteiger partial charge < -0.3 is 33.8 Å². The van der Waals surface area contributed by atoms with Crippen LogP contribution in [0.15, 0.2) is 0 Å². The highest BCUT2D eigenvalue weighted by atomic mass is 31.2. The molecule has 0 rings (SSSR count). The minimum absolute atomic E-state index is 0.103. The van der Waals surface area contributed by atoms with Crippen LogP contribution in [0.2, 0.25) is 0 Å². The Bertz CT molecular complexity index is 1720. The number of carbonyl (C=O) groups excluding carboxylic acids is 4. The summed E-state index contributed by atoms with van der Waals surface area (Å²) < 4.78 is 67.9. The summed E-state index contributed by atoms with van der Waals surface area (Å²) in [5.41, 5.74) is 0. The molecule has 19 heteroatoms. The highest BCUT2D eigenvalue weighted by Gasteiger charge is 2.30. The summed E-state index contributed by atoms with van der Waals surface area (Å²) >= 11 is 0. The Balaban J connectivity index is 5.08. The number of ether oxygens (including phenoxy) is 4. The molecule has 0 saturated carbocycles. The zero-order valence-corrected chi connectivity index (χ0v) is 59.9. The summed E-state index contributed by atoms with van der Waals surface area (Å²) in [6.45, 7) is 4.81. The molecule has 0 aromatic carbocycles. The summed E-state index contributed by atoms with van der Waals surface area (Å²) in [5, 5.41) is 10.5. The van der Waals surface area contributed by atoms with Crippen LogP contribution in [-0.4, -0.2) is 96.7 Å². The van der Waals surface area contributed by atoms with Crippen LogP contribution in [0.25, 0.3) is 0 Å². The van der Waals surface area contributed by atoms with Crippen LogP contribution in [0.4, 0.5) is 0 Å². The second kappa shape index (κ2) is 65.7. The number of aliphatic hydroxyl groups excluding tert-OH is 1. The molecule has 3 N–H and O–H groups in total. The van der Waals surface area contributed by atoms with Gasteiger partial charge in [0.15, 0.2) is 12.2 Å². The fourth-order valence-corrected chi connectivity index (χ4v) is 12.4. The van der Waals surface area contributed by atoms with Gasteiger partial charge in [0.2, 0.25) is 0 Å². The molecule has 0 bridgehead atoms. The third-order valence-electron chi connectivity index (χ3n) is 16.6. The number of aliphatic hydroxyl groups is 1. The number of phosphoric acid groups is 2. The molecule has 17 nitrogen and oxygen atoms in total. The lowest BCUT2D eigenvalue weighted by molar-refractivity contribution is -0.161. The van der Waals surface area contributed by atoms with E-state index in [0.717, 1.165) is 109 Å². The zero-order valence-electron chi connectivity index (χ0n) is 58.1. The highest BCUT2D eigenvalue weighted by molar-refractivity contribution is 7.47. The van der Waals surface area contributed by atoms with Gasteiger partial charge in [0, 0.05) is 25.7 Å². The third kappa shape index (κ3) is 64.8. The fourth-order valence-electron chi connectivity index (χ4n) is 10.9. The Morgan fingerprint density at radius 2 is 0.444 bits per heavy atom. The normalized spacial score (nSPS) is 14.0. The SMILES string of the molecule is CCCCCCCCCCCCCCCCCCCCCCC(=O)O[C@H](COC(=O)CCCCCCCCCCCCCCCCCCCC)COP(=O)(O)OC[C@@H](O)COP(=O)(O)OC[C@@H](COC(=O)CCCCCCC)OC(=O)CCCCCCCCC. The van der Waals surface area contributed by atoms with E-state index in [1.165, 1.54) is 186 Å². The van der Waals surface area contributed by atoms with Gasteiger partial charge in [-0.05, 0) is 25.7 Å². The molecule has 0 radical (unpaired) electrons. The summed E-state index contributed by atoms with van der Waals surface area (Å²) in [4.78, 5) is 72.1. The van der Waals surface area contributed by atoms with E-state index in [0.29, 0.717) is 25.7 Å². The Morgan fingerprint density at radius 3 is 0.656 bits per heavy atom. The average molecular weight is 1330 g/mol. The van der Waals surface area contributed by atoms with Gasteiger partial charge in [0.05, 0.1) is 26.4 Å². The zero-order chi connectivity index (χ0) is 66.1. The monoisotopic (exact) mass is 1320 g/mol. The summed E-state index contributed by atoms with van der Waals surface area (Å²) in [7, 11) is -9.88. The first-order valence-electron chi connectivity index (χ1n) is 37.3. The molecule has 0 fully saturated rings. The van der Waals surface area contributed by atoms with E-state index in [-0.39, 0.29) is 25.7 Å². The van der Waals surface area contributed by atoms with Gasteiger partial charge in [-0.25, -0.2) is 9.13 Å². The van der Waals surface area contributed by atoms with Crippen LogP contribution in [-0.2, 0) is 65.4 Å². The molecule has 0 aromatic heterocycles. The molecule has 0 aliphatic carbocycles. The lowest BCUT2D eigenvalue weighted by Crippen LogP contribution is -2.30. The molecule has 0 aliphatic rings. The molecular formula is C71H138O17P2. The van der Waals surface area contributed by atoms with Crippen LogP contribution in [0, 0.1) is 0 Å².